The van der Waals surface area contributed by atoms with Crippen molar-refractivity contribution >= 4 is 64.1 Å². The molecule has 0 saturated heterocycles. The molecule has 0 saturated carbocycles. The van der Waals surface area contributed by atoms with Crippen molar-refractivity contribution < 1.29 is 9.59 Å². The zero-order chi connectivity index (χ0) is 25.7. The molecular formula is C24H26Cl3N5O2S. The second-order valence-electron chi connectivity index (χ2n) is 8.48. The minimum atomic E-state index is -0.398. The predicted molar refractivity (Wildman–Crippen MR) is 143 cm³/mol. The van der Waals surface area contributed by atoms with E-state index < -0.39 is 6.04 Å². The molecule has 0 spiro atoms. The quantitative estimate of drug-likeness (QED) is 0.302. The van der Waals surface area contributed by atoms with Crippen LogP contribution in [0, 0.1) is 12.8 Å². The van der Waals surface area contributed by atoms with Crippen molar-refractivity contribution in [3.63, 3.8) is 0 Å². The molecule has 2 aromatic carbocycles. The topological polar surface area (TPSA) is 88.9 Å². The molecule has 35 heavy (non-hydrogen) atoms. The summed E-state index contributed by atoms with van der Waals surface area (Å²) in [5, 5.41) is 16.3. The number of aromatic nitrogens is 3. The fraction of sp³-hybridized carbons (Fsp3) is 0.333. The number of carbonyl (C=O) groups is 2. The second-order valence-corrected chi connectivity index (χ2v) is 10.7. The smallest absolute Gasteiger partial charge is 0.253 e. The molecule has 0 aliphatic heterocycles. The number of thioether (sulfide) groups is 1. The highest BCUT2D eigenvalue weighted by Gasteiger charge is 2.24. The van der Waals surface area contributed by atoms with Gasteiger partial charge in [-0.2, -0.15) is 0 Å². The molecule has 0 fully saturated rings. The number of carbonyl (C=O) groups excluding carboxylic acids is 2. The fourth-order valence-corrected chi connectivity index (χ4v) is 4.76. The first-order chi connectivity index (χ1) is 16.5. The molecule has 2 amide bonds. The highest BCUT2D eigenvalue weighted by atomic mass is 35.5. The number of hydrogen-bond acceptors (Lipinski definition) is 5. The highest BCUT2D eigenvalue weighted by Crippen LogP contribution is 2.26. The molecule has 1 atom stereocenters. The third-order valence-electron chi connectivity index (χ3n) is 5.16. The summed E-state index contributed by atoms with van der Waals surface area (Å²) in [6, 6.07) is 9.70. The van der Waals surface area contributed by atoms with Gasteiger partial charge in [-0.1, -0.05) is 66.5 Å². The van der Waals surface area contributed by atoms with Crippen LogP contribution in [0.2, 0.25) is 15.1 Å². The Kier molecular flexibility index (Phi) is 9.47. The number of rotatable bonds is 9. The summed E-state index contributed by atoms with van der Waals surface area (Å²) in [4.78, 5) is 25.4. The van der Waals surface area contributed by atoms with E-state index in [0.29, 0.717) is 38.7 Å². The maximum Gasteiger partial charge on any atom is 0.253 e. The molecule has 0 aliphatic rings. The molecular weight excluding hydrogens is 529 g/mol. The molecule has 2 N–H and O–H groups in total. The van der Waals surface area contributed by atoms with Gasteiger partial charge in [-0.05, 0) is 55.2 Å². The van der Waals surface area contributed by atoms with Gasteiger partial charge in [0, 0.05) is 22.8 Å². The Morgan fingerprint density at radius 1 is 1.06 bits per heavy atom. The van der Waals surface area contributed by atoms with Crippen LogP contribution in [0.25, 0.3) is 0 Å². The van der Waals surface area contributed by atoms with Gasteiger partial charge in [-0.25, -0.2) is 0 Å². The first-order valence-electron chi connectivity index (χ1n) is 10.9. The Bertz CT molecular complexity index is 1230. The number of amides is 2. The first kappa shape index (κ1) is 27.3. The van der Waals surface area contributed by atoms with Crippen LogP contribution < -0.4 is 10.6 Å². The maximum absolute atomic E-state index is 12.9. The Balaban J connectivity index is 1.69. The van der Waals surface area contributed by atoms with E-state index in [1.807, 2.05) is 20.0 Å². The molecule has 0 aliphatic carbocycles. The summed E-state index contributed by atoms with van der Waals surface area (Å²) in [6.07, 6.45) is 0.641. The van der Waals surface area contributed by atoms with Gasteiger partial charge < -0.3 is 15.2 Å². The molecule has 0 bridgehead atoms. The van der Waals surface area contributed by atoms with Crippen LogP contribution in [0.5, 0.6) is 0 Å². The lowest BCUT2D eigenvalue weighted by Gasteiger charge is -2.20. The standard InChI is InChI=1S/C24H26Cl3N5O2S/c1-13(2)9-20(29-23(34)17-8-6-15(25)10-19(17)27)22-30-31-24(32(22)4)35-12-21(33)28-16-7-5-14(3)18(26)11-16/h5-8,10-11,13,20H,9,12H2,1-4H3,(H,28,33)(H,29,34)/t20-/m0/s1. The van der Waals surface area contributed by atoms with Crippen molar-refractivity contribution in [1.29, 1.82) is 0 Å². The SMILES string of the molecule is Cc1ccc(NC(=O)CSc2nnc([C@H](CC(C)C)NC(=O)c3ccc(Cl)cc3Cl)n2C)cc1Cl. The van der Waals surface area contributed by atoms with Gasteiger partial charge in [-0.15, -0.1) is 10.2 Å². The van der Waals surface area contributed by atoms with Gasteiger partial charge in [0.05, 0.1) is 22.4 Å². The molecule has 0 unspecified atom stereocenters. The molecule has 3 rings (SSSR count). The zero-order valence-electron chi connectivity index (χ0n) is 19.7. The monoisotopic (exact) mass is 553 g/mol. The van der Waals surface area contributed by atoms with E-state index in [9.17, 15) is 9.59 Å². The van der Waals surface area contributed by atoms with Gasteiger partial charge in [0.1, 0.15) is 0 Å². The lowest BCUT2D eigenvalue weighted by molar-refractivity contribution is -0.113. The van der Waals surface area contributed by atoms with Crippen molar-refractivity contribution in [2.75, 3.05) is 11.1 Å². The Labute approximate surface area is 223 Å². The van der Waals surface area contributed by atoms with Crippen LogP contribution in [0.1, 0.15) is 48.1 Å². The van der Waals surface area contributed by atoms with Gasteiger partial charge in [0.15, 0.2) is 11.0 Å². The number of anilines is 1. The van der Waals surface area contributed by atoms with Crippen molar-refractivity contribution in [3.8, 4) is 0 Å². The highest BCUT2D eigenvalue weighted by molar-refractivity contribution is 7.99. The third-order valence-corrected chi connectivity index (χ3v) is 7.13. The largest absolute Gasteiger partial charge is 0.342 e. The molecule has 0 radical (unpaired) electrons. The number of halogens is 3. The lowest BCUT2D eigenvalue weighted by Crippen LogP contribution is -2.31. The number of aryl methyl sites for hydroxylation is 1. The molecule has 11 heteroatoms. The van der Waals surface area contributed by atoms with Crippen LogP contribution in [0.4, 0.5) is 5.69 Å². The van der Waals surface area contributed by atoms with Crippen LogP contribution in [-0.2, 0) is 11.8 Å². The summed E-state index contributed by atoms with van der Waals surface area (Å²) in [7, 11) is 1.81. The summed E-state index contributed by atoms with van der Waals surface area (Å²) in [5.41, 5.74) is 1.90. The van der Waals surface area contributed by atoms with E-state index in [2.05, 4.69) is 34.7 Å². The molecule has 1 aromatic heterocycles. The Morgan fingerprint density at radius 2 is 1.80 bits per heavy atom. The van der Waals surface area contributed by atoms with Crippen molar-refractivity contribution in [3.05, 3.63) is 68.4 Å². The third kappa shape index (κ3) is 7.36. The van der Waals surface area contributed by atoms with Crippen LogP contribution in [-0.4, -0.2) is 32.3 Å². The van der Waals surface area contributed by atoms with Crippen LogP contribution in [0.15, 0.2) is 41.6 Å². The van der Waals surface area contributed by atoms with E-state index in [1.165, 1.54) is 17.8 Å². The number of benzene rings is 2. The van der Waals surface area contributed by atoms with Crippen LogP contribution in [0.3, 0.4) is 0 Å². The summed E-state index contributed by atoms with van der Waals surface area (Å²) < 4.78 is 1.79. The Hall–Kier alpha value is -2.26. The zero-order valence-corrected chi connectivity index (χ0v) is 22.8. The van der Waals surface area contributed by atoms with Gasteiger partial charge >= 0.3 is 0 Å². The number of nitrogens with zero attached hydrogens (tertiary/aromatic N) is 3. The summed E-state index contributed by atoms with van der Waals surface area (Å²) >= 11 is 19.5. The Morgan fingerprint density at radius 3 is 2.46 bits per heavy atom. The van der Waals surface area contributed by atoms with Gasteiger partial charge in [0.25, 0.3) is 5.91 Å². The van der Waals surface area contributed by atoms with Gasteiger partial charge in [0.2, 0.25) is 5.91 Å². The van der Waals surface area contributed by atoms with E-state index in [1.54, 1.807) is 28.8 Å². The van der Waals surface area contributed by atoms with E-state index in [4.69, 9.17) is 34.8 Å². The summed E-state index contributed by atoms with van der Waals surface area (Å²) in [6.45, 7) is 6.01. The van der Waals surface area contributed by atoms with Crippen molar-refractivity contribution in [2.24, 2.45) is 13.0 Å². The van der Waals surface area contributed by atoms with E-state index >= 15 is 0 Å². The molecule has 1 heterocycles. The normalized spacial score (nSPS) is 12.0. The van der Waals surface area contributed by atoms with E-state index in [0.717, 1.165) is 5.56 Å². The molecule has 186 valence electrons. The average Bonchev–Trinajstić information content (AvgIpc) is 3.14. The number of hydrogen-bond donors (Lipinski definition) is 2. The van der Waals surface area contributed by atoms with Crippen molar-refractivity contribution in [2.45, 2.75) is 38.4 Å². The minimum absolute atomic E-state index is 0.138. The second kappa shape index (κ2) is 12.1. The molecule has 3 aromatic rings. The maximum atomic E-state index is 12.9. The number of nitrogens with one attached hydrogen (secondary N) is 2. The van der Waals surface area contributed by atoms with Gasteiger partial charge in [-0.3, -0.25) is 9.59 Å². The summed E-state index contributed by atoms with van der Waals surface area (Å²) in [5.74, 6) is 0.486. The molecule has 7 nitrogen and oxygen atoms in total. The first-order valence-corrected chi connectivity index (χ1v) is 13.0. The average molecular weight is 555 g/mol. The lowest BCUT2D eigenvalue weighted by atomic mass is 10.0. The van der Waals surface area contributed by atoms with Crippen molar-refractivity contribution in [1.82, 2.24) is 20.1 Å². The van der Waals surface area contributed by atoms with E-state index in [-0.39, 0.29) is 28.5 Å². The minimum Gasteiger partial charge on any atom is -0.342 e. The predicted octanol–water partition coefficient (Wildman–Crippen LogP) is 6.33. The fourth-order valence-electron chi connectivity index (χ4n) is 3.36. The van der Waals surface area contributed by atoms with Crippen LogP contribution >= 0.6 is 46.6 Å².